The molecule has 1 N–H and O–H groups in total. The molecule has 5 heteroatoms. The predicted octanol–water partition coefficient (Wildman–Crippen LogP) is 1.66. The first-order chi connectivity index (χ1) is 7.65. The molecular formula is C11H13N3O2. The Morgan fingerprint density at radius 3 is 2.69 bits per heavy atom. The second-order valence-electron chi connectivity index (χ2n) is 3.56. The van der Waals surface area contributed by atoms with Crippen LogP contribution in [0.4, 0.5) is 0 Å². The Labute approximate surface area is 93.3 Å². The van der Waals surface area contributed by atoms with E-state index in [9.17, 15) is 5.11 Å². The fourth-order valence-corrected chi connectivity index (χ4v) is 1.27. The van der Waals surface area contributed by atoms with Gasteiger partial charge in [0.25, 0.3) is 0 Å². The molecule has 2 heterocycles. The molecule has 0 unspecified atom stereocenters. The molecule has 1 atom stereocenters. The minimum Gasteiger partial charge on any atom is -0.436 e. The van der Waals surface area contributed by atoms with E-state index in [0.717, 1.165) is 5.56 Å². The summed E-state index contributed by atoms with van der Waals surface area (Å²) in [5.74, 6) is 1.12. The highest BCUT2D eigenvalue weighted by atomic mass is 16.5. The van der Waals surface area contributed by atoms with Gasteiger partial charge in [-0.05, 0) is 18.6 Å². The molecule has 16 heavy (non-hydrogen) atoms. The van der Waals surface area contributed by atoms with E-state index in [0.29, 0.717) is 11.6 Å². The van der Waals surface area contributed by atoms with Crippen LogP contribution in [0.2, 0.25) is 0 Å². The van der Waals surface area contributed by atoms with E-state index in [4.69, 9.17) is 4.74 Å². The van der Waals surface area contributed by atoms with Crippen LogP contribution >= 0.6 is 0 Å². The Morgan fingerprint density at radius 2 is 2.19 bits per heavy atom. The fourth-order valence-electron chi connectivity index (χ4n) is 1.27. The normalized spacial score (nSPS) is 12.4. The monoisotopic (exact) mass is 219 g/mol. The summed E-state index contributed by atoms with van der Waals surface area (Å²) in [4.78, 5) is 4.09. The maximum atomic E-state index is 9.31. The lowest BCUT2D eigenvalue weighted by molar-refractivity contribution is 0.198. The number of aromatic nitrogens is 3. The summed E-state index contributed by atoms with van der Waals surface area (Å²) in [6, 6.07) is 3.50. The fraction of sp³-hybridized carbons (Fsp3) is 0.273. The molecule has 0 fully saturated rings. The summed E-state index contributed by atoms with van der Waals surface area (Å²) in [7, 11) is 1.82. The van der Waals surface area contributed by atoms with Crippen LogP contribution in [0.3, 0.4) is 0 Å². The molecule has 0 aliphatic rings. The van der Waals surface area contributed by atoms with Gasteiger partial charge in [0.05, 0.1) is 18.5 Å². The first-order valence-corrected chi connectivity index (χ1v) is 4.95. The SMILES string of the molecule is C[C@@H](O)c1ccc(Oc2cnn(C)c2)nc1. The van der Waals surface area contributed by atoms with Crippen molar-refractivity contribution in [2.24, 2.45) is 7.05 Å². The van der Waals surface area contributed by atoms with E-state index >= 15 is 0 Å². The maximum absolute atomic E-state index is 9.31. The number of aliphatic hydroxyl groups is 1. The van der Waals surface area contributed by atoms with Crippen LogP contribution in [-0.4, -0.2) is 19.9 Å². The summed E-state index contributed by atoms with van der Waals surface area (Å²) in [6.07, 6.45) is 4.45. The molecule has 0 amide bonds. The van der Waals surface area contributed by atoms with Crippen molar-refractivity contribution in [3.63, 3.8) is 0 Å². The molecule has 0 radical (unpaired) electrons. The van der Waals surface area contributed by atoms with Crippen molar-refractivity contribution in [1.29, 1.82) is 0 Å². The van der Waals surface area contributed by atoms with Crippen molar-refractivity contribution in [1.82, 2.24) is 14.8 Å². The summed E-state index contributed by atoms with van der Waals surface area (Å²) >= 11 is 0. The molecule has 0 aliphatic heterocycles. The van der Waals surface area contributed by atoms with Gasteiger partial charge in [0, 0.05) is 19.3 Å². The van der Waals surface area contributed by atoms with Crippen LogP contribution in [0, 0.1) is 0 Å². The van der Waals surface area contributed by atoms with Crippen LogP contribution in [0.15, 0.2) is 30.7 Å². The zero-order valence-electron chi connectivity index (χ0n) is 9.16. The Bertz CT molecular complexity index is 462. The Kier molecular flexibility index (Phi) is 2.87. The highest BCUT2D eigenvalue weighted by molar-refractivity contribution is 5.24. The third-order valence-electron chi connectivity index (χ3n) is 2.15. The van der Waals surface area contributed by atoms with Crippen molar-refractivity contribution in [3.05, 3.63) is 36.3 Å². The van der Waals surface area contributed by atoms with Crippen LogP contribution in [0.25, 0.3) is 0 Å². The van der Waals surface area contributed by atoms with Gasteiger partial charge in [-0.25, -0.2) is 4.98 Å². The Hall–Kier alpha value is -1.88. The third kappa shape index (κ3) is 2.38. The van der Waals surface area contributed by atoms with Crippen molar-refractivity contribution >= 4 is 0 Å². The van der Waals surface area contributed by atoms with E-state index in [1.165, 1.54) is 0 Å². The molecule has 0 aliphatic carbocycles. The number of hydrogen-bond donors (Lipinski definition) is 1. The number of ether oxygens (including phenoxy) is 1. The number of nitrogens with zero attached hydrogens (tertiary/aromatic N) is 3. The Morgan fingerprint density at radius 1 is 1.38 bits per heavy atom. The lowest BCUT2D eigenvalue weighted by Crippen LogP contribution is -1.93. The molecule has 0 saturated carbocycles. The molecule has 0 spiro atoms. The zero-order chi connectivity index (χ0) is 11.5. The topological polar surface area (TPSA) is 60.2 Å². The van der Waals surface area contributed by atoms with Crippen molar-refractivity contribution < 1.29 is 9.84 Å². The summed E-state index contributed by atoms with van der Waals surface area (Å²) in [5.41, 5.74) is 0.763. The van der Waals surface area contributed by atoms with Gasteiger partial charge >= 0.3 is 0 Å². The summed E-state index contributed by atoms with van der Waals surface area (Å²) in [5, 5.41) is 13.3. The number of hydrogen-bond acceptors (Lipinski definition) is 4. The predicted molar refractivity (Wildman–Crippen MR) is 58.2 cm³/mol. The molecule has 2 aromatic heterocycles. The average molecular weight is 219 g/mol. The largest absolute Gasteiger partial charge is 0.436 e. The molecule has 5 nitrogen and oxygen atoms in total. The quantitative estimate of drug-likeness (QED) is 0.852. The van der Waals surface area contributed by atoms with Gasteiger partial charge in [-0.1, -0.05) is 0 Å². The maximum Gasteiger partial charge on any atom is 0.219 e. The molecular weight excluding hydrogens is 206 g/mol. The number of aryl methyl sites for hydroxylation is 1. The van der Waals surface area contributed by atoms with Crippen LogP contribution in [-0.2, 0) is 7.05 Å². The first kappa shape index (κ1) is 10.6. The molecule has 84 valence electrons. The van der Waals surface area contributed by atoms with Gasteiger partial charge in [0.1, 0.15) is 0 Å². The third-order valence-corrected chi connectivity index (χ3v) is 2.15. The molecule has 0 saturated heterocycles. The molecule has 0 aromatic carbocycles. The molecule has 2 aromatic rings. The summed E-state index contributed by atoms with van der Waals surface area (Å²) < 4.78 is 7.11. The standard InChI is InChI=1S/C11H13N3O2/c1-8(15)9-3-4-11(12-5-9)16-10-6-13-14(2)7-10/h3-8,15H,1-2H3/t8-/m1/s1. The summed E-state index contributed by atoms with van der Waals surface area (Å²) in [6.45, 7) is 1.69. The van der Waals surface area contributed by atoms with Gasteiger partial charge in [-0.15, -0.1) is 0 Å². The molecule has 0 bridgehead atoms. The van der Waals surface area contributed by atoms with E-state index in [1.807, 2.05) is 7.05 Å². The highest BCUT2D eigenvalue weighted by Crippen LogP contribution is 2.19. The number of rotatable bonds is 3. The van der Waals surface area contributed by atoms with Gasteiger partial charge in [-0.2, -0.15) is 5.10 Å². The van der Waals surface area contributed by atoms with Crippen molar-refractivity contribution in [2.75, 3.05) is 0 Å². The van der Waals surface area contributed by atoms with Crippen molar-refractivity contribution in [2.45, 2.75) is 13.0 Å². The minimum atomic E-state index is -0.514. The van der Waals surface area contributed by atoms with Crippen LogP contribution in [0.1, 0.15) is 18.6 Å². The van der Waals surface area contributed by atoms with E-state index in [2.05, 4.69) is 10.1 Å². The van der Waals surface area contributed by atoms with Crippen molar-refractivity contribution in [3.8, 4) is 11.6 Å². The minimum absolute atomic E-state index is 0.484. The number of pyridine rings is 1. The van der Waals surface area contributed by atoms with Gasteiger partial charge in [0.15, 0.2) is 5.75 Å². The highest BCUT2D eigenvalue weighted by Gasteiger charge is 2.03. The van der Waals surface area contributed by atoms with Crippen LogP contribution < -0.4 is 4.74 Å². The second kappa shape index (κ2) is 4.32. The zero-order valence-corrected chi connectivity index (χ0v) is 9.16. The van der Waals surface area contributed by atoms with E-state index in [-0.39, 0.29) is 0 Å². The molecule has 2 rings (SSSR count). The Balaban J connectivity index is 2.11. The van der Waals surface area contributed by atoms with E-state index in [1.54, 1.807) is 42.3 Å². The lowest BCUT2D eigenvalue weighted by atomic mass is 10.2. The van der Waals surface area contributed by atoms with E-state index < -0.39 is 6.10 Å². The lowest BCUT2D eigenvalue weighted by Gasteiger charge is -2.05. The van der Waals surface area contributed by atoms with Gasteiger partial charge < -0.3 is 9.84 Å². The smallest absolute Gasteiger partial charge is 0.219 e. The second-order valence-corrected chi connectivity index (χ2v) is 3.56. The average Bonchev–Trinajstić information content (AvgIpc) is 2.65. The van der Waals surface area contributed by atoms with Gasteiger partial charge in [0.2, 0.25) is 5.88 Å². The van der Waals surface area contributed by atoms with Crippen LogP contribution in [0.5, 0.6) is 11.6 Å². The first-order valence-electron chi connectivity index (χ1n) is 4.95. The van der Waals surface area contributed by atoms with Gasteiger partial charge in [-0.3, -0.25) is 4.68 Å². The number of aliphatic hydroxyl groups excluding tert-OH is 1.